The number of piperidine rings is 1. The minimum Gasteiger partial charge on any atom is -0.347 e. The van der Waals surface area contributed by atoms with Crippen molar-refractivity contribution in [1.82, 2.24) is 15.2 Å². The molecule has 130 valence electrons. The zero-order chi connectivity index (χ0) is 17.6. The predicted octanol–water partition coefficient (Wildman–Crippen LogP) is 3.29. The van der Waals surface area contributed by atoms with Crippen LogP contribution in [-0.4, -0.2) is 34.8 Å². The van der Waals surface area contributed by atoms with Crippen molar-refractivity contribution in [3.8, 4) is 0 Å². The summed E-state index contributed by atoms with van der Waals surface area (Å²) in [5, 5.41) is 3.27. The van der Waals surface area contributed by atoms with E-state index >= 15 is 0 Å². The van der Waals surface area contributed by atoms with Crippen LogP contribution in [0.3, 0.4) is 0 Å². The summed E-state index contributed by atoms with van der Waals surface area (Å²) in [6.07, 6.45) is 4.85. The number of benzene rings is 1. The van der Waals surface area contributed by atoms with Gasteiger partial charge < -0.3 is 10.2 Å². The van der Waals surface area contributed by atoms with E-state index in [9.17, 15) is 9.59 Å². The second-order valence-corrected chi connectivity index (χ2v) is 6.53. The normalized spacial score (nSPS) is 14.2. The van der Waals surface area contributed by atoms with Crippen molar-refractivity contribution in [3.05, 3.63) is 64.4 Å². The van der Waals surface area contributed by atoms with Gasteiger partial charge in [0.1, 0.15) is 5.69 Å². The lowest BCUT2D eigenvalue weighted by Gasteiger charge is -2.26. The lowest BCUT2D eigenvalue weighted by atomic mass is 10.1. The zero-order valence-electron chi connectivity index (χ0n) is 13.9. The van der Waals surface area contributed by atoms with Crippen LogP contribution in [0.1, 0.15) is 45.7 Å². The number of aromatic nitrogens is 1. The summed E-state index contributed by atoms with van der Waals surface area (Å²) in [6, 6.07) is 10.5. The Balaban J connectivity index is 1.57. The molecule has 5 nitrogen and oxygen atoms in total. The van der Waals surface area contributed by atoms with E-state index in [0.717, 1.165) is 31.5 Å². The molecule has 1 fully saturated rings. The fourth-order valence-corrected chi connectivity index (χ4v) is 3.01. The SMILES string of the molecule is O=C(NCc1ccc(C(=O)N2CCCCC2)cc1)c1cc(Cl)ccn1. The van der Waals surface area contributed by atoms with Crippen LogP contribution in [0, 0.1) is 0 Å². The summed E-state index contributed by atoms with van der Waals surface area (Å²) in [4.78, 5) is 30.4. The molecule has 1 N–H and O–H groups in total. The van der Waals surface area contributed by atoms with Crippen molar-refractivity contribution in [2.24, 2.45) is 0 Å². The van der Waals surface area contributed by atoms with Gasteiger partial charge in [0, 0.05) is 36.4 Å². The highest BCUT2D eigenvalue weighted by atomic mass is 35.5. The molecule has 2 amide bonds. The molecule has 0 saturated carbocycles. The van der Waals surface area contributed by atoms with E-state index in [1.807, 2.05) is 29.2 Å². The maximum Gasteiger partial charge on any atom is 0.270 e. The largest absolute Gasteiger partial charge is 0.347 e. The molecule has 2 aromatic rings. The quantitative estimate of drug-likeness (QED) is 0.913. The molecular formula is C19H20ClN3O2. The number of nitrogens with one attached hydrogen (secondary N) is 1. The van der Waals surface area contributed by atoms with Crippen LogP contribution in [0.4, 0.5) is 0 Å². The molecule has 6 heteroatoms. The van der Waals surface area contributed by atoms with Gasteiger partial charge in [-0.1, -0.05) is 23.7 Å². The van der Waals surface area contributed by atoms with Crippen molar-refractivity contribution >= 4 is 23.4 Å². The van der Waals surface area contributed by atoms with Gasteiger partial charge in [0.25, 0.3) is 11.8 Å². The molecule has 0 bridgehead atoms. The zero-order valence-corrected chi connectivity index (χ0v) is 14.6. The molecule has 2 heterocycles. The Morgan fingerprint density at radius 1 is 1.08 bits per heavy atom. The number of likely N-dealkylation sites (tertiary alicyclic amines) is 1. The molecule has 1 aromatic carbocycles. The molecule has 0 aliphatic carbocycles. The number of rotatable bonds is 4. The molecule has 1 aliphatic rings. The highest BCUT2D eigenvalue weighted by Crippen LogP contribution is 2.14. The van der Waals surface area contributed by atoms with Crippen LogP contribution >= 0.6 is 11.6 Å². The van der Waals surface area contributed by atoms with Gasteiger partial charge in [0.05, 0.1) is 0 Å². The number of amides is 2. The van der Waals surface area contributed by atoms with E-state index < -0.39 is 0 Å². The first-order chi connectivity index (χ1) is 12.1. The second kappa shape index (κ2) is 8.12. The Labute approximate surface area is 152 Å². The van der Waals surface area contributed by atoms with Gasteiger partial charge in [0.2, 0.25) is 0 Å². The van der Waals surface area contributed by atoms with Crippen molar-refractivity contribution < 1.29 is 9.59 Å². The summed E-state index contributed by atoms with van der Waals surface area (Å²) in [6.45, 7) is 2.04. The number of carbonyl (C=O) groups excluding carboxylic acids is 2. The molecule has 0 spiro atoms. The Hall–Kier alpha value is -2.40. The van der Waals surface area contributed by atoms with Gasteiger partial charge in [-0.3, -0.25) is 14.6 Å². The molecule has 25 heavy (non-hydrogen) atoms. The predicted molar refractivity (Wildman–Crippen MR) is 96.6 cm³/mol. The van der Waals surface area contributed by atoms with E-state index in [0.29, 0.717) is 17.1 Å². The minimum absolute atomic E-state index is 0.0819. The molecule has 1 aromatic heterocycles. The highest BCUT2D eigenvalue weighted by Gasteiger charge is 2.17. The van der Waals surface area contributed by atoms with E-state index in [-0.39, 0.29) is 17.5 Å². The highest BCUT2D eigenvalue weighted by molar-refractivity contribution is 6.30. The van der Waals surface area contributed by atoms with Gasteiger partial charge in [0.15, 0.2) is 0 Å². The summed E-state index contributed by atoms with van der Waals surface area (Å²) in [7, 11) is 0. The number of hydrogen-bond acceptors (Lipinski definition) is 3. The fourth-order valence-electron chi connectivity index (χ4n) is 2.85. The number of hydrogen-bond donors (Lipinski definition) is 1. The first-order valence-corrected chi connectivity index (χ1v) is 8.79. The van der Waals surface area contributed by atoms with E-state index in [1.165, 1.54) is 18.7 Å². The molecule has 0 radical (unpaired) electrons. The molecule has 1 aliphatic heterocycles. The Morgan fingerprint density at radius 2 is 1.80 bits per heavy atom. The van der Waals surface area contributed by atoms with Crippen LogP contribution in [0.5, 0.6) is 0 Å². The Morgan fingerprint density at radius 3 is 2.48 bits per heavy atom. The number of halogens is 1. The minimum atomic E-state index is -0.282. The van der Waals surface area contributed by atoms with E-state index in [1.54, 1.807) is 6.07 Å². The van der Waals surface area contributed by atoms with Gasteiger partial charge in [-0.15, -0.1) is 0 Å². The maximum atomic E-state index is 12.4. The number of pyridine rings is 1. The van der Waals surface area contributed by atoms with E-state index in [2.05, 4.69) is 10.3 Å². The van der Waals surface area contributed by atoms with Gasteiger partial charge in [-0.25, -0.2) is 0 Å². The molecular weight excluding hydrogens is 338 g/mol. The third kappa shape index (κ3) is 4.57. The summed E-state index contributed by atoms with van der Waals surface area (Å²) in [5.41, 5.74) is 1.89. The standard InChI is InChI=1S/C19H20ClN3O2/c20-16-8-9-21-17(12-16)18(24)22-13-14-4-6-15(7-5-14)19(25)23-10-2-1-3-11-23/h4-9,12H,1-3,10-11,13H2,(H,22,24). The molecule has 3 rings (SSSR count). The first-order valence-electron chi connectivity index (χ1n) is 8.41. The number of nitrogens with zero attached hydrogens (tertiary/aromatic N) is 2. The average Bonchev–Trinajstić information content (AvgIpc) is 2.66. The summed E-state index contributed by atoms with van der Waals surface area (Å²) in [5.74, 6) is -0.200. The van der Waals surface area contributed by atoms with Crippen molar-refractivity contribution in [2.75, 3.05) is 13.1 Å². The Bertz CT molecular complexity index is 756. The van der Waals surface area contributed by atoms with Crippen LogP contribution in [0.25, 0.3) is 0 Å². The number of carbonyl (C=O) groups is 2. The van der Waals surface area contributed by atoms with Crippen molar-refractivity contribution in [3.63, 3.8) is 0 Å². The lowest BCUT2D eigenvalue weighted by Crippen LogP contribution is -2.35. The van der Waals surface area contributed by atoms with Crippen LogP contribution in [-0.2, 0) is 6.54 Å². The maximum absolute atomic E-state index is 12.4. The molecule has 1 saturated heterocycles. The van der Waals surface area contributed by atoms with Gasteiger partial charge in [-0.2, -0.15) is 0 Å². The molecule has 0 unspecified atom stereocenters. The molecule has 0 atom stereocenters. The van der Waals surface area contributed by atoms with Crippen LogP contribution < -0.4 is 5.32 Å². The average molecular weight is 358 g/mol. The second-order valence-electron chi connectivity index (χ2n) is 6.09. The third-order valence-electron chi connectivity index (χ3n) is 4.25. The summed E-state index contributed by atoms with van der Waals surface area (Å²) >= 11 is 5.86. The van der Waals surface area contributed by atoms with Gasteiger partial charge >= 0.3 is 0 Å². The topological polar surface area (TPSA) is 62.3 Å². The smallest absolute Gasteiger partial charge is 0.270 e. The monoisotopic (exact) mass is 357 g/mol. The first kappa shape index (κ1) is 17.4. The van der Waals surface area contributed by atoms with Crippen LogP contribution in [0.15, 0.2) is 42.6 Å². The van der Waals surface area contributed by atoms with Gasteiger partial charge in [-0.05, 0) is 49.1 Å². The van der Waals surface area contributed by atoms with E-state index in [4.69, 9.17) is 11.6 Å². The lowest BCUT2D eigenvalue weighted by molar-refractivity contribution is 0.0724. The summed E-state index contributed by atoms with van der Waals surface area (Å²) < 4.78 is 0. The Kier molecular flexibility index (Phi) is 5.66. The van der Waals surface area contributed by atoms with Crippen molar-refractivity contribution in [1.29, 1.82) is 0 Å². The third-order valence-corrected chi connectivity index (χ3v) is 4.49. The fraction of sp³-hybridized carbons (Fsp3) is 0.316. The van der Waals surface area contributed by atoms with Crippen molar-refractivity contribution in [2.45, 2.75) is 25.8 Å². The van der Waals surface area contributed by atoms with Crippen LogP contribution in [0.2, 0.25) is 5.02 Å².